The molecule has 1 aromatic rings. The first-order valence-corrected chi connectivity index (χ1v) is 9.94. The van der Waals surface area contributed by atoms with Gasteiger partial charge in [0, 0.05) is 24.5 Å². The molecule has 29 heavy (non-hydrogen) atoms. The van der Waals surface area contributed by atoms with Gasteiger partial charge in [0.2, 0.25) is 0 Å². The molecule has 1 aliphatic heterocycles. The minimum Gasteiger partial charge on any atom is -0.466 e. The van der Waals surface area contributed by atoms with E-state index in [1.165, 1.54) is 7.11 Å². The summed E-state index contributed by atoms with van der Waals surface area (Å²) in [5.74, 6) is -0.496. The van der Waals surface area contributed by atoms with Gasteiger partial charge < -0.3 is 20.7 Å². The number of rotatable bonds is 8. The van der Waals surface area contributed by atoms with Crippen molar-refractivity contribution in [3.63, 3.8) is 0 Å². The largest absolute Gasteiger partial charge is 0.466 e. The van der Waals surface area contributed by atoms with Crippen molar-refractivity contribution in [2.24, 2.45) is 0 Å². The number of hydrogen-bond donors (Lipinski definition) is 3. The van der Waals surface area contributed by atoms with E-state index in [1.54, 1.807) is 36.1 Å². The summed E-state index contributed by atoms with van der Waals surface area (Å²) in [6.45, 7) is 6.87. The number of benzene rings is 1. The summed E-state index contributed by atoms with van der Waals surface area (Å²) in [5, 5.41) is 8.46. The Labute approximate surface area is 171 Å². The second-order valence-corrected chi connectivity index (χ2v) is 6.88. The van der Waals surface area contributed by atoms with Crippen LogP contribution in [0, 0.1) is 0 Å². The topological polar surface area (TPSA) is 99.8 Å². The first-order valence-electron chi connectivity index (χ1n) is 9.94. The smallest absolute Gasteiger partial charge is 0.337 e. The molecule has 0 aromatic heterocycles. The molecular weight excluding hydrogens is 372 g/mol. The van der Waals surface area contributed by atoms with Crippen LogP contribution in [-0.4, -0.2) is 43.1 Å². The molecule has 3 N–H and O–H groups in total. The van der Waals surface area contributed by atoms with Crippen LogP contribution in [0.25, 0.3) is 0 Å². The Kier molecular flexibility index (Phi) is 8.06. The number of methoxy groups -OCH3 is 1. The maximum atomic E-state index is 12.6. The van der Waals surface area contributed by atoms with Crippen molar-refractivity contribution in [2.75, 3.05) is 25.5 Å². The number of esters is 1. The Morgan fingerprint density at radius 3 is 2.66 bits per heavy atom. The van der Waals surface area contributed by atoms with E-state index < -0.39 is 12.0 Å². The monoisotopic (exact) mass is 402 g/mol. The number of carbonyl (C=O) groups is 3. The fourth-order valence-corrected chi connectivity index (χ4v) is 3.25. The van der Waals surface area contributed by atoms with Gasteiger partial charge in [-0.05, 0) is 37.5 Å². The Bertz CT molecular complexity index is 791. The van der Waals surface area contributed by atoms with E-state index in [0.717, 1.165) is 19.3 Å². The number of unbranched alkanes of at least 4 members (excludes halogenated alkanes) is 1. The predicted molar refractivity (Wildman–Crippen MR) is 111 cm³/mol. The SMILES string of the molecule is CCCCNC(=O)Nc1cccc(C2NC(=O)N(CCC)C(C)=C2C(=O)OC)c1. The number of urea groups is 2. The zero-order valence-corrected chi connectivity index (χ0v) is 17.5. The molecule has 0 aliphatic carbocycles. The molecule has 0 saturated carbocycles. The van der Waals surface area contributed by atoms with E-state index in [4.69, 9.17) is 4.74 Å². The predicted octanol–water partition coefficient (Wildman–Crippen LogP) is 3.53. The fourth-order valence-electron chi connectivity index (χ4n) is 3.25. The van der Waals surface area contributed by atoms with Crippen LogP contribution in [-0.2, 0) is 9.53 Å². The molecule has 1 unspecified atom stereocenters. The van der Waals surface area contributed by atoms with Gasteiger partial charge >= 0.3 is 18.0 Å². The maximum absolute atomic E-state index is 12.6. The molecule has 1 aliphatic rings. The number of ether oxygens (including phenoxy) is 1. The molecule has 158 valence electrons. The van der Waals surface area contributed by atoms with Gasteiger partial charge in [0.25, 0.3) is 0 Å². The molecule has 0 fully saturated rings. The van der Waals surface area contributed by atoms with Gasteiger partial charge in [-0.1, -0.05) is 32.4 Å². The summed E-state index contributed by atoms with van der Waals surface area (Å²) in [6.07, 6.45) is 2.66. The molecule has 8 heteroatoms. The quantitative estimate of drug-likeness (QED) is 0.457. The zero-order valence-electron chi connectivity index (χ0n) is 17.5. The van der Waals surface area contributed by atoms with Gasteiger partial charge in [-0.2, -0.15) is 0 Å². The van der Waals surface area contributed by atoms with Gasteiger partial charge in [0.15, 0.2) is 0 Å². The molecule has 0 saturated heterocycles. The third kappa shape index (κ3) is 5.49. The first kappa shape index (κ1) is 22.3. The fraction of sp³-hybridized carbons (Fsp3) is 0.476. The third-order valence-electron chi connectivity index (χ3n) is 4.74. The number of nitrogens with zero attached hydrogens (tertiary/aromatic N) is 1. The summed E-state index contributed by atoms with van der Waals surface area (Å²) in [4.78, 5) is 38.7. The number of anilines is 1. The number of hydrogen-bond acceptors (Lipinski definition) is 4. The lowest BCUT2D eigenvalue weighted by atomic mass is 9.94. The molecule has 1 aromatic carbocycles. The van der Waals surface area contributed by atoms with Crippen molar-refractivity contribution in [2.45, 2.75) is 46.1 Å². The summed E-state index contributed by atoms with van der Waals surface area (Å²) in [7, 11) is 1.32. The standard InChI is InChI=1S/C21H30N4O4/c1-5-7-11-22-20(27)23-16-10-8-9-15(13-16)18-17(19(26)29-4)14(3)25(12-6-2)21(28)24-18/h8-10,13,18H,5-7,11-12H2,1-4H3,(H,24,28)(H2,22,23,27). The number of carbonyl (C=O) groups excluding carboxylic acids is 3. The average molecular weight is 402 g/mol. The lowest BCUT2D eigenvalue weighted by Gasteiger charge is -2.35. The van der Waals surface area contributed by atoms with E-state index in [0.29, 0.717) is 35.6 Å². The van der Waals surface area contributed by atoms with Crippen LogP contribution in [0.2, 0.25) is 0 Å². The van der Waals surface area contributed by atoms with Crippen molar-refractivity contribution >= 4 is 23.7 Å². The van der Waals surface area contributed by atoms with Gasteiger partial charge in [0.05, 0.1) is 18.7 Å². The van der Waals surface area contributed by atoms with Gasteiger partial charge in [-0.15, -0.1) is 0 Å². The average Bonchev–Trinajstić information content (AvgIpc) is 2.70. The van der Waals surface area contributed by atoms with Crippen molar-refractivity contribution in [3.8, 4) is 0 Å². The van der Waals surface area contributed by atoms with Crippen LogP contribution in [0.15, 0.2) is 35.5 Å². The van der Waals surface area contributed by atoms with Crippen LogP contribution >= 0.6 is 0 Å². The molecule has 2 rings (SSSR count). The van der Waals surface area contributed by atoms with Crippen molar-refractivity contribution in [3.05, 3.63) is 41.1 Å². The molecule has 4 amide bonds. The number of amides is 4. The van der Waals surface area contributed by atoms with E-state index in [9.17, 15) is 14.4 Å². The highest BCUT2D eigenvalue weighted by Gasteiger charge is 2.35. The lowest BCUT2D eigenvalue weighted by Crippen LogP contribution is -2.48. The Morgan fingerprint density at radius 1 is 1.24 bits per heavy atom. The van der Waals surface area contributed by atoms with Crippen LogP contribution in [0.4, 0.5) is 15.3 Å². The number of nitrogens with one attached hydrogen (secondary N) is 3. The molecule has 1 heterocycles. The van der Waals surface area contributed by atoms with Crippen molar-refractivity contribution < 1.29 is 19.1 Å². The minimum atomic E-state index is -0.659. The Balaban J connectivity index is 2.30. The second kappa shape index (κ2) is 10.5. The van der Waals surface area contributed by atoms with Crippen LogP contribution < -0.4 is 16.0 Å². The van der Waals surface area contributed by atoms with E-state index in [-0.39, 0.29) is 12.1 Å². The normalized spacial score (nSPS) is 16.3. The van der Waals surface area contributed by atoms with Gasteiger partial charge in [0.1, 0.15) is 0 Å². The minimum absolute atomic E-state index is 0.266. The van der Waals surface area contributed by atoms with Crippen LogP contribution in [0.1, 0.15) is 51.6 Å². The molecule has 0 spiro atoms. The van der Waals surface area contributed by atoms with E-state index >= 15 is 0 Å². The van der Waals surface area contributed by atoms with Crippen LogP contribution in [0.3, 0.4) is 0 Å². The molecule has 0 bridgehead atoms. The second-order valence-electron chi connectivity index (χ2n) is 6.88. The maximum Gasteiger partial charge on any atom is 0.337 e. The third-order valence-corrected chi connectivity index (χ3v) is 4.74. The highest BCUT2D eigenvalue weighted by Crippen LogP contribution is 2.32. The Hall–Kier alpha value is -3.03. The summed E-state index contributed by atoms with van der Waals surface area (Å²) >= 11 is 0. The number of allylic oxidation sites excluding steroid dienone is 1. The van der Waals surface area contributed by atoms with Gasteiger partial charge in [-0.25, -0.2) is 14.4 Å². The first-order chi connectivity index (χ1) is 13.9. The molecule has 8 nitrogen and oxygen atoms in total. The summed E-state index contributed by atoms with van der Waals surface area (Å²) in [6, 6.07) is 5.85. The summed E-state index contributed by atoms with van der Waals surface area (Å²) in [5.41, 5.74) is 2.21. The zero-order chi connectivity index (χ0) is 21.4. The molecule has 0 radical (unpaired) electrons. The molecular formula is C21H30N4O4. The van der Waals surface area contributed by atoms with Crippen LogP contribution in [0.5, 0.6) is 0 Å². The highest BCUT2D eigenvalue weighted by atomic mass is 16.5. The molecule has 1 atom stereocenters. The summed E-state index contributed by atoms with van der Waals surface area (Å²) < 4.78 is 4.97. The van der Waals surface area contributed by atoms with E-state index in [2.05, 4.69) is 22.9 Å². The highest BCUT2D eigenvalue weighted by molar-refractivity contribution is 5.95. The van der Waals surface area contributed by atoms with Gasteiger partial charge in [-0.3, -0.25) is 4.90 Å². The Morgan fingerprint density at radius 2 is 2.00 bits per heavy atom. The lowest BCUT2D eigenvalue weighted by molar-refractivity contribution is -0.136. The van der Waals surface area contributed by atoms with Crippen molar-refractivity contribution in [1.29, 1.82) is 0 Å². The van der Waals surface area contributed by atoms with E-state index in [1.807, 2.05) is 6.92 Å². The van der Waals surface area contributed by atoms with Crippen molar-refractivity contribution in [1.82, 2.24) is 15.5 Å².